The van der Waals surface area contributed by atoms with Crippen LogP contribution in [-0.4, -0.2) is 16.9 Å². The van der Waals surface area contributed by atoms with Gasteiger partial charge in [0.2, 0.25) is 0 Å². The van der Waals surface area contributed by atoms with Gasteiger partial charge in [-0.05, 0) is 31.9 Å². The summed E-state index contributed by atoms with van der Waals surface area (Å²) >= 11 is 3.71. The van der Waals surface area contributed by atoms with Crippen molar-refractivity contribution in [3.8, 4) is 5.75 Å². The van der Waals surface area contributed by atoms with E-state index >= 15 is 0 Å². The normalized spacial score (nSPS) is 17.8. The molecule has 0 unspecified atom stereocenters. The minimum absolute atomic E-state index is 0.296. The van der Waals surface area contributed by atoms with Crippen molar-refractivity contribution in [2.75, 3.05) is 11.9 Å². The second-order valence-corrected chi connectivity index (χ2v) is 6.82. The minimum atomic E-state index is 0.296. The van der Waals surface area contributed by atoms with Crippen molar-refractivity contribution in [1.29, 1.82) is 0 Å². The van der Waals surface area contributed by atoms with Crippen LogP contribution in [0.3, 0.4) is 0 Å². The highest BCUT2D eigenvalue weighted by Crippen LogP contribution is 2.38. The summed E-state index contributed by atoms with van der Waals surface area (Å²) in [5, 5.41) is 2.17. The molecule has 2 aromatic rings. The van der Waals surface area contributed by atoms with Gasteiger partial charge in [0.1, 0.15) is 11.3 Å². The average molecular weight is 348 g/mol. The average Bonchev–Trinajstić information content (AvgIpc) is 2.54. The first kappa shape index (κ1) is 14.8. The largest absolute Gasteiger partial charge is 0.491 e. The zero-order chi connectivity index (χ0) is 14.7. The van der Waals surface area contributed by atoms with E-state index in [1.165, 1.54) is 32.1 Å². The predicted molar refractivity (Wildman–Crippen MR) is 91.3 cm³/mol. The second-order valence-electron chi connectivity index (χ2n) is 6.26. The van der Waals surface area contributed by atoms with Crippen molar-refractivity contribution >= 4 is 26.8 Å². The van der Waals surface area contributed by atoms with Crippen LogP contribution in [0.4, 0.5) is 0 Å². The summed E-state index contributed by atoms with van der Waals surface area (Å²) in [5.41, 5.74) is 2.31. The highest BCUT2D eigenvalue weighted by atomic mass is 79.9. The molecule has 2 nitrogen and oxygen atoms in total. The Kier molecular flexibility index (Phi) is 4.48. The predicted octanol–water partition coefficient (Wildman–Crippen LogP) is 5.27. The van der Waals surface area contributed by atoms with Gasteiger partial charge in [-0.15, -0.1) is 0 Å². The molecule has 0 amide bonds. The molecule has 1 fully saturated rings. The fourth-order valence-corrected chi connectivity index (χ4v) is 3.91. The summed E-state index contributed by atoms with van der Waals surface area (Å²) in [6.07, 6.45) is 6.53. The first-order valence-electron chi connectivity index (χ1n) is 7.78. The van der Waals surface area contributed by atoms with E-state index in [1.54, 1.807) is 0 Å². The van der Waals surface area contributed by atoms with Crippen LogP contribution in [0.5, 0.6) is 5.75 Å². The van der Waals surface area contributed by atoms with Crippen LogP contribution in [0.15, 0.2) is 30.3 Å². The van der Waals surface area contributed by atoms with Crippen molar-refractivity contribution in [2.45, 2.75) is 39.0 Å². The van der Waals surface area contributed by atoms with Gasteiger partial charge >= 0.3 is 0 Å². The molecule has 1 saturated carbocycles. The molecule has 1 aromatic carbocycles. The second kappa shape index (κ2) is 6.35. The summed E-state index contributed by atoms with van der Waals surface area (Å²) in [6.45, 7) is 2.81. The lowest BCUT2D eigenvalue weighted by atomic mass is 9.76. The number of hydrogen-bond donors (Lipinski definition) is 0. The molecular weight excluding hydrogens is 326 g/mol. The van der Waals surface area contributed by atoms with Crippen molar-refractivity contribution < 1.29 is 4.74 Å². The standard InChI is InChI=1S/C18H22BrNO/c1-14-8-9-15-6-5-7-16(17(15)20-14)21-13-18(12-19)10-3-2-4-11-18/h5-9H,2-4,10-13H2,1H3. The third kappa shape index (κ3) is 3.23. The molecular formula is C18H22BrNO. The molecule has 1 aromatic heterocycles. The highest BCUT2D eigenvalue weighted by Gasteiger charge is 2.32. The molecule has 0 radical (unpaired) electrons. The Balaban J connectivity index is 1.83. The van der Waals surface area contributed by atoms with Crippen LogP contribution >= 0.6 is 15.9 Å². The Morgan fingerprint density at radius 1 is 1.14 bits per heavy atom. The van der Waals surface area contributed by atoms with Crippen molar-refractivity contribution in [3.05, 3.63) is 36.0 Å². The fraction of sp³-hybridized carbons (Fsp3) is 0.500. The van der Waals surface area contributed by atoms with Gasteiger partial charge < -0.3 is 4.74 Å². The van der Waals surface area contributed by atoms with E-state index < -0.39 is 0 Å². The monoisotopic (exact) mass is 347 g/mol. The van der Waals surface area contributed by atoms with Crippen molar-refractivity contribution in [2.24, 2.45) is 5.41 Å². The summed E-state index contributed by atoms with van der Waals surface area (Å²) in [6, 6.07) is 10.4. The number of alkyl halides is 1. The molecule has 21 heavy (non-hydrogen) atoms. The zero-order valence-electron chi connectivity index (χ0n) is 12.6. The van der Waals surface area contributed by atoms with Crippen LogP contribution in [0, 0.1) is 12.3 Å². The summed E-state index contributed by atoms with van der Waals surface area (Å²) in [5.74, 6) is 0.919. The van der Waals surface area contributed by atoms with E-state index in [9.17, 15) is 0 Å². The van der Waals surface area contributed by atoms with Gasteiger partial charge in [0.25, 0.3) is 0 Å². The lowest BCUT2D eigenvalue weighted by molar-refractivity contribution is 0.123. The van der Waals surface area contributed by atoms with E-state index in [0.717, 1.165) is 34.3 Å². The molecule has 3 heteroatoms. The quantitative estimate of drug-likeness (QED) is 0.703. The van der Waals surface area contributed by atoms with E-state index in [4.69, 9.17) is 4.74 Å². The lowest BCUT2D eigenvalue weighted by Gasteiger charge is -2.35. The Morgan fingerprint density at radius 3 is 2.71 bits per heavy atom. The summed E-state index contributed by atoms with van der Waals surface area (Å²) < 4.78 is 6.22. The third-order valence-electron chi connectivity index (χ3n) is 4.55. The van der Waals surface area contributed by atoms with Crippen LogP contribution in [0.1, 0.15) is 37.8 Å². The molecule has 1 heterocycles. The fourth-order valence-electron chi connectivity index (χ4n) is 3.18. The molecule has 1 aliphatic rings. The number of rotatable bonds is 4. The Morgan fingerprint density at radius 2 is 1.95 bits per heavy atom. The Bertz CT molecular complexity index is 620. The molecule has 1 aliphatic carbocycles. The van der Waals surface area contributed by atoms with E-state index in [2.05, 4.69) is 39.1 Å². The number of aromatic nitrogens is 1. The maximum atomic E-state index is 6.22. The first-order valence-corrected chi connectivity index (χ1v) is 8.90. The number of ether oxygens (including phenoxy) is 1. The lowest BCUT2D eigenvalue weighted by Crippen LogP contribution is -2.32. The van der Waals surface area contributed by atoms with Gasteiger partial charge in [-0.25, -0.2) is 4.98 Å². The number of aryl methyl sites for hydroxylation is 1. The van der Waals surface area contributed by atoms with E-state index in [-0.39, 0.29) is 0 Å². The number of para-hydroxylation sites is 1. The van der Waals surface area contributed by atoms with E-state index in [0.29, 0.717) is 5.41 Å². The topological polar surface area (TPSA) is 22.1 Å². The van der Waals surface area contributed by atoms with Crippen LogP contribution in [0.2, 0.25) is 0 Å². The van der Waals surface area contributed by atoms with Gasteiger partial charge in [-0.1, -0.05) is 53.4 Å². The van der Waals surface area contributed by atoms with Crippen molar-refractivity contribution in [1.82, 2.24) is 4.98 Å². The van der Waals surface area contributed by atoms with Gasteiger partial charge in [-0.2, -0.15) is 0 Å². The smallest absolute Gasteiger partial charge is 0.145 e. The van der Waals surface area contributed by atoms with Gasteiger partial charge in [0.15, 0.2) is 0 Å². The number of halogens is 1. The molecule has 0 N–H and O–H groups in total. The SMILES string of the molecule is Cc1ccc2cccc(OCC3(CBr)CCCCC3)c2n1. The number of nitrogens with zero attached hydrogens (tertiary/aromatic N) is 1. The molecule has 0 atom stereocenters. The highest BCUT2D eigenvalue weighted by molar-refractivity contribution is 9.09. The Hall–Kier alpha value is -1.09. The minimum Gasteiger partial charge on any atom is -0.491 e. The number of pyridine rings is 1. The Labute approximate surface area is 135 Å². The number of benzene rings is 1. The van der Waals surface area contributed by atoms with E-state index in [1.807, 2.05) is 19.1 Å². The first-order chi connectivity index (χ1) is 10.2. The van der Waals surface area contributed by atoms with Crippen LogP contribution < -0.4 is 4.74 Å². The number of fused-ring (bicyclic) bond motifs is 1. The molecule has 0 spiro atoms. The molecule has 0 saturated heterocycles. The maximum absolute atomic E-state index is 6.22. The van der Waals surface area contributed by atoms with Gasteiger partial charge in [0, 0.05) is 21.8 Å². The molecule has 0 aliphatic heterocycles. The third-order valence-corrected chi connectivity index (χ3v) is 5.74. The molecule has 112 valence electrons. The van der Waals surface area contributed by atoms with Gasteiger partial charge in [-0.3, -0.25) is 0 Å². The molecule has 3 rings (SSSR count). The molecule has 0 bridgehead atoms. The zero-order valence-corrected chi connectivity index (χ0v) is 14.2. The van der Waals surface area contributed by atoms with Crippen molar-refractivity contribution in [3.63, 3.8) is 0 Å². The summed E-state index contributed by atoms with van der Waals surface area (Å²) in [7, 11) is 0. The van der Waals surface area contributed by atoms with Gasteiger partial charge in [0.05, 0.1) is 6.61 Å². The van der Waals surface area contributed by atoms with Crippen LogP contribution in [-0.2, 0) is 0 Å². The maximum Gasteiger partial charge on any atom is 0.145 e. The summed E-state index contributed by atoms with van der Waals surface area (Å²) in [4.78, 5) is 4.65. The number of hydrogen-bond acceptors (Lipinski definition) is 2. The van der Waals surface area contributed by atoms with Crippen LogP contribution in [0.25, 0.3) is 10.9 Å².